The molecule has 2 saturated heterocycles. The van der Waals surface area contributed by atoms with Crippen LogP contribution < -0.4 is 10.1 Å². The molecule has 4 aromatic rings. The summed E-state index contributed by atoms with van der Waals surface area (Å²) in [6.07, 6.45) is -3.07. The number of carbonyl (C=O) groups is 4. The highest BCUT2D eigenvalue weighted by Crippen LogP contribution is 2.39. The molecule has 2 fully saturated rings. The number of benzene rings is 2. The molecular formula is C45H51Cl2F3N8O6. The summed E-state index contributed by atoms with van der Waals surface area (Å²) >= 11 is 12.8. The summed E-state index contributed by atoms with van der Waals surface area (Å²) in [6, 6.07) is 11.1. The van der Waals surface area contributed by atoms with Crippen LogP contribution in [0, 0.1) is 5.92 Å². The number of nitrogens with one attached hydrogen (secondary N) is 1. The molecule has 2 bridgehead atoms. The second-order valence-electron chi connectivity index (χ2n) is 17.1. The van der Waals surface area contributed by atoms with Crippen LogP contribution in [-0.4, -0.2) is 130 Å². The van der Waals surface area contributed by atoms with E-state index >= 15 is 0 Å². The number of hydrogen-bond donors (Lipinski definition) is 1. The van der Waals surface area contributed by atoms with Crippen LogP contribution in [0.3, 0.4) is 0 Å². The van der Waals surface area contributed by atoms with Crippen molar-refractivity contribution in [3.05, 3.63) is 93.5 Å². The van der Waals surface area contributed by atoms with Crippen molar-refractivity contribution in [2.75, 3.05) is 47.9 Å². The number of carbonyl (C=O) groups excluding carboxylic acids is 4. The molecule has 4 amide bonds. The zero-order chi connectivity index (χ0) is 46.1. The van der Waals surface area contributed by atoms with Crippen LogP contribution >= 0.6 is 23.2 Å². The lowest BCUT2D eigenvalue weighted by atomic mass is 9.80. The highest BCUT2D eigenvalue weighted by molar-refractivity contribution is 6.31. The van der Waals surface area contributed by atoms with Gasteiger partial charge in [-0.25, -0.2) is 4.98 Å². The second-order valence-corrected chi connectivity index (χ2v) is 18.0. The quantitative estimate of drug-likeness (QED) is 0.201. The Kier molecular flexibility index (Phi) is 13.9. The predicted molar refractivity (Wildman–Crippen MR) is 232 cm³/mol. The molecule has 7 rings (SSSR count). The fraction of sp³-hybridized carbons (Fsp3) is 0.467. The Labute approximate surface area is 379 Å². The third-order valence-corrected chi connectivity index (χ3v) is 12.8. The number of pyridine rings is 1. The van der Waals surface area contributed by atoms with Crippen molar-refractivity contribution in [3.8, 4) is 22.9 Å². The van der Waals surface area contributed by atoms with Gasteiger partial charge in [-0.05, 0) is 80.9 Å². The Morgan fingerprint density at radius 3 is 2.38 bits per heavy atom. The van der Waals surface area contributed by atoms with E-state index in [1.807, 2.05) is 30.6 Å². The van der Waals surface area contributed by atoms with E-state index in [1.54, 1.807) is 61.8 Å². The number of hydrogen-bond acceptors (Lipinski definition) is 9. The Hall–Kier alpha value is -5.23. The van der Waals surface area contributed by atoms with Crippen LogP contribution in [0.2, 0.25) is 10.0 Å². The van der Waals surface area contributed by atoms with Gasteiger partial charge in [0.2, 0.25) is 23.6 Å². The monoisotopic (exact) mass is 926 g/mol. The van der Waals surface area contributed by atoms with E-state index in [-0.39, 0.29) is 49.9 Å². The molecule has 3 aliphatic rings. The SMILES string of the molecule is COC[C@@H]1NC(=O)[C@H]2Cc3cc(Cl)cc(Oc4ccc(-c5cnc(CN(C)C)n5C)nc4)c3CN2C(=O)C[C@@H](CC(F)(F)F)C(=O)N2CCC[C@@](Cc3ccc(Cl)cc3)(C2)N(C)C1=O. The van der Waals surface area contributed by atoms with Crippen LogP contribution in [0.25, 0.3) is 11.4 Å². The molecule has 2 aromatic heterocycles. The fourth-order valence-corrected chi connectivity index (χ4v) is 9.41. The van der Waals surface area contributed by atoms with Gasteiger partial charge in [-0.15, -0.1) is 0 Å². The highest BCUT2D eigenvalue weighted by Gasteiger charge is 2.48. The second kappa shape index (κ2) is 19.1. The molecule has 64 heavy (non-hydrogen) atoms. The Balaban J connectivity index is 1.24. The largest absolute Gasteiger partial charge is 0.455 e. The lowest BCUT2D eigenvalue weighted by Crippen LogP contribution is -2.66. The van der Waals surface area contributed by atoms with E-state index in [1.165, 1.54) is 23.1 Å². The minimum Gasteiger partial charge on any atom is -0.455 e. The number of amides is 4. The van der Waals surface area contributed by atoms with Gasteiger partial charge in [0.1, 0.15) is 29.4 Å². The number of nitrogens with zero attached hydrogens (tertiary/aromatic N) is 7. The molecule has 5 heterocycles. The van der Waals surface area contributed by atoms with Gasteiger partial charge in [0.15, 0.2) is 0 Å². The number of piperidine rings is 1. The van der Waals surface area contributed by atoms with Crippen LogP contribution in [0.4, 0.5) is 13.2 Å². The summed E-state index contributed by atoms with van der Waals surface area (Å²) < 4.78 is 56.8. The molecule has 0 unspecified atom stereocenters. The minimum absolute atomic E-state index is 0.108. The lowest BCUT2D eigenvalue weighted by molar-refractivity contribution is -0.166. The van der Waals surface area contributed by atoms with E-state index in [2.05, 4.69) is 15.3 Å². The summed E-state index contributed by atoms with van der Waals surface area (Å²) in [6.45, 7) is 0.142. The van der Waals surface area contributed by atoms with Gasteiger partial charge < -0.3 is 39.0 Å². The zero-order valence-electron chi connectivity index (χ0n) is 36.3. The summed E-state index contributed by atoms with van der Waals surface area (Å²) in [5, 5.41) is 3.57. The number of rotatable bonds is 10. The Morgan fingerprint density at radius 1 is 0.953 bits per heavy atom. The highest BCUT2D eigenvalue weighted by atomic mass is 35.5. The molecule has 0 aliphatic carbocycles. The van der Waals surface area contributed by atoms with Gasteiger partial charge in [-0.1, -0.05) is 35.3 Å². The first-order valence-electron chi connectivity index (χ1n) is 20.9. The lowest BCUT2D eigenvalue weighted by Gasteiger charge is -2.50. The zero-order valence-corrected chi connectivity index (χ0v) is 37.8. The van der Waals surface area contributed by atoms with Gasteiger partial charge >= 0.3 is 6.18 Å². The van der Waals surface area contributed by atoms with Crippen molar-refractivity contribution in [1.82, 2.24) is 39.5 Å². The van der Waals surface area contributed by atoms with Gasteiger partial charge in [0, 0.05) is 62.7 Å². The fourth-order valence-electron chi connectivity index (χ4n) is 9.06. The van der Waals surface area contributed by atoms with Crippen LogP contribution in [-0.2, 0) is 56.9 Å². The number of methoxy groups -OCH3 is 1. The molecule has 14 nitrogen and oxygen atoms in total. The standard InChI is InChI=1S/C45H51Cl2F3N8O6/c1-54(2)24-39-52-22-37(55(39)3)34-12-11-32(21-51-34)64-38-18-31(47)15-28-16-36-41(60)53-35(25-63-5)43(62)56(4)44(19-27-7-9-30(46)10-8-27)13-6-14-57(26-44)42(61)29(20-45(48,49)50)17-40(59)58(36)23-33(28)38/h7-12,15,18,21-22,29,35-36H,6,13-14,16-17,19-20,23-26H2,1-5H3,(H,53,60)/t29-,35-,36+,44+/m0/s1. The number of imidazole rings is 1. The molecular weight excluding hydrogens is 876 g/mol. The number of likely N-dealkylation sites (N-methyl/N-ethyl adjacent to an activating group) is 1. The normalized spacial score (nSPS) is 22.3. The van der Waals surface area contributed by atoms with Gasteiger partial charge in [-0.2, -0.15) is 13.2 Å². The van der Waals surface area contributed by atoms with Gasteiger partial charge in [-0.3, -0.25) is 24.2 Å². The molecule has 3 aliphatic heterocycles. The van der Waals surface area contributed by atoms with E-state index in [4.69, 9.17) is 32.7 Å². The molecule has 4 atom stereocenters. The maximum atomic E-state index is 14.6. The Morgan fingerprint density at radius 2 is 1.70 bits per heavy atom. The molecule has 342 valence electrons. The maximum Gasteiger partial charge on any atom is 0.389 e. The van der Waals surface area contributed by atoms with E-state index < -0.39 is 66.2 Å². The summed E-state index contributed by atoms with van der Waals surface area (Å²) in [4.78, 5) is 73.2. The molecule has 19 heteroatoms. The average molecular weight is 928 g/mol. The van der Waals surface area contributed by atoms with Gasteiger partial charge in [0.05, 0.1) is 61.4 Å². The van der Waals surface area contributed by atoms with E-state index in [0.29, 0.717) is 47.0 Å². The third kappa shape index (κ3) is 10.3. The van der Waals surface area contributed by atoms with Crippen molar-refractivity contribution in [2.24, 2.45) is 13.0 Å². The summed E-state index contributed by atoms with van der Waals surface area (Å²) in [5.74, 6) is -3.37. The Bertz CT molecular complexity index is 2380. The third-order valence-electron chi connectivity index (χ3n) is 12.3. The summed E-state index contributed by atoms with van der Waals surface area (Å²) in [5.41, 5.74) is 2.10. The van der Waals surface area contributed by atoms with Gasteiger partial charge in [0.25, 0.3) is 0 Å². The molecule has 0 spiro atoms. The smallest absolute Gasteiger partial charge is 0.389 e. The first-order chi connectivity index (χ1) is 30.3. The minimum atomic E-state index is -4.81. The first-order valence-corrected chi connectivity index (χ1v) is 21.7. The number of ether oxygens (including phenoxy) is 2. The maximum absolute atomic E-state index is 14.6. The topological polar surface area (TPSA) is 142 Å². The van der Waals surface area contributed by atoms with Crippen molar-refractivity contribution < 1.29 is 41.8 Å². The van der Waals surface area contributed by atoms with Crippen molar-refractivity contribution in [3.63, 3.8) is 0 Å². The summed E-state index contributed by atoms with van der Waals surface area (Å²) in [7, 11) is 8.76. The van der Waals surface area contributed by atoms with Crippen LogP contribution in [0.5, 0.6) is 11.5 Å². The number of halogens is 5. The van der Waals surface area contributed by atoms with E-state index in [0.717, 1.165) is 22.0 Å². The predicted octanol–water partition coefficient (Wildman–Crippen LogP) is 6.06. The van der Waals surface area contributed by atoms with Crippen molar-refractivity contribution >= 4 is 46.8 Å². The first kappa shape index (κ1) is 46.8. The van der Waals surface area contributed by atoms with E-state index in [9.17, 15) is 32.3 Å². The average Bonchev–Trinajstić information content (AvgIpc) is 3.60. The molecule has 1 N–H and O–H groups in total. The van der Waals surface area contributed by atoms with Crippen molar-refractivity contribution in [2.45, 2.75) is 75.4 Å². The molecule has 2 aromatic carbocycles. The molecule has 0 radical (unpaired) electrons. The van der Waals surface area contributed by atoms with Crippen molar-refractivity contribution in [1.29, 1.82) is 0 Å². The molecule has 0 saturated carbocycles. The van der Waals surface area contributed by atoms with Crippen LogP contribution in [0.1, 0.15) is 48.2 Å². The number of alkyl halides is 3. The van der Waals surface area contributed by atoms with Crippen LogP contribution in [0.15, 0.2) is 60.9 Å². The number of aromatic nitrogens is 3. The number of fused-ring (bicyclic) bond motifs is 4.